The van der Waals surface area contributed by atoms with E-state index in [1.807, 2.05) is 41.0 Å². The van der Waals surface area contributed by atoms with Crippen molar-refractivity contribution in [3.8, 4) is 0 Å². The second kappa shape index (κ2) is 6.60. The van der Waals surface area contributed by atoms with E-state index in [1.165, 1.54) is 5.56 Å². The quantitative estimate of drug-likeness (QED) is 0.730. The first-order chi connectivity index (χ1) is 13.6. The molecule has 3 aromatic rings. The number of aliphatic hydroxyl groups excluding tert-OH is 1. The first-order valence-electron chi connectivity index (χ1n) is 9.75. The van der Waals surface area contributed by atoms with E-state index in [4.69, 9.17) is 0 Å². The van der Waals surface area contributed by atoms with Crippen molar-refractivity contribution in [1.29, 1.82) is 0 Å². The standard InChI is InChI=1S/C21H23N5O2/c1-25-19-10-16(13-5-6-13)18(9-14(19)11-22-25)24-21(28)17-3-2-4-20(23-17)26-8-7-15(27)12-26/h2-4,9-11,13,15,27H,5-8,12H2,1H3,(H,24,28). The maximum absolute atomic E-state index is 12.9. The van der Waals surface area contributed by atoms with E-state index in [-0.39, 0.29) is 12.0 Å². The van der Waals surface area contributed by atoms with E-state index in [0.29, 0.717) is 18.2 Å². The molecule has 5 rings (SSSR count). The van der Waals surface area contributed by atoms with Crippen LogP contribution in [0.4, 0.5) is 11.5 Å². The summed E-state index contributed by atoms with van der Waals surface area (Å²) in [6.45, 7) is 1.31. The zero-order valence-electron chi connectivity index (χ0n) is 15.8. The number of amides is 1. The lowest BCUT2D eigenvalue weighted by atomic mass is 10.1. The third kappa shape index (κ3) is 3.11. The van der Waals surface area contributed by atoms with Gasteiger partial charge in [0.1, 0.15) is 11.5 Å². The molecular formula is C21H23N5O2. The summed E-state index contributed by atoms with van der Waals surface area (Å²) in [5.41, 5.74) is 3.47. The average Bonchev–Trinajstić information content (AvgIpc) is 3.36. The summed E-state index contributed by atoms with van der Waals surface area (Å²) >= 11 is 0. The Labute approximate surface area is 163 Å². The zero-order valence-corrected chi connectivity index (χ0v) is 15.8. The van der Waals surface area contributed by atoms with Gasteiger partial charge in [0.25, 0.3) is 5.91 Å². The van der Waals surface area contributed by atoms with Gasteiger partial charge in [0, 0.05) is 31.2 Å². The molecule has 3 heterocycles. The molecule has 1 unspecified atom stereocenters. The molecule has 1 atom stereocenters. The minimum absolute atomic E-state index is 0.216. The first kappa shape index (κ1) is 17.2. The van der Waals surface area contributed by atoms with Gasteiger partial charge in [0.05, 0.1) is 17.8 Å². The highest BCUT2D eigenvalue weighted by atomic mass is 16.3. The maximum Gasteiger partial charge on any atom is 0.274 e. The van der Waals surface area contributed by atoms with E-state index < -0.39 is 0 Å². The van der Waals surface area contributed by atoms with Crippen LogP contribution < -0.4 is 10.2 Å². The van der Waals surface area contributed by atoms with Gasteiger partial charge in [-0.25, -0.2) is 4.98 Å². The van der Waals surface area contributed by atoms with E-state index >= 15 is 0 Å². The molecule has 2 N–H and O–H groups in total. The van der Waals surface area contributed by atoms with Crippen LogP contribution in [0, 0.1) is 0 Å². The van der Waals surface area contributed by atoms with Gasteiger partial charge >= 0.3 is 0 Å². The topological polar surface area (TPSA) is 83.3 Å². The number of hydrogen-bond acceptors (Lipinski definition) is 5. The Morgan fingerprint density at radius 2 is 2.11 bits per heavy atom. The highest BCUT2D eigenvalue weighted by Crippen LogP contribution is 2.44. The third-order valence-electron chi connectivity index (χ3n) is 5.64. The van der Waals surface area contributed by atoms with E-state index in [9.17, 15) is 9.90 Å². The van der Waals surface area contributed by atoms with Gasteiger partial charge in [0.15, 0.2) is 0 Å². The minimum Gasteiger partial charge on any atom is -0.391 e. The largest absolute Gasteiger partial charge is 0.391 e. The van der Waals surface area contributed by atoms with Gasteiger partial charge < -0.3 is 15.3 Å². The van der Waals surface area contributed by atoms with Crippen LogP contribution in [0.1, 0.15) is 41.2 Å². The molecule has 7 nitrogen and oxygen atoms in total. The Morgan fingerprint density at radius 1 is 1.25 bits per heavy atom. The molecule has 1 saturated carbocycles. The van der Waals surface area contributed by atoms with Crippen LogP contribution in [0.25, 0.3) is 10.9 Å². The number of hydrogen-bond donors (Lipinski definition) is 2. The van der Waals surface area contributed by atoms with Crippen molar-refractivity contribution in [2.24, 2.45) is 7.05 Å². The molecular weight excluding hydrogens is 354 g/mol. The maximum atomic E-state index is 12.9. The molecule has 1 amide bonds. The second-order valence-corrected chi connectivity index (χ2v) is 7.76. The van der Waals surface area contributed by atoms with Crippen LogP contribution in [0.5, 0.6) is 0 Å². The number of pyridine rings is 1. The van der Waals surface area contributed by atoms with E-state index in [0.717, 1.165) is 48.2 Å². The molecule has 144 valence electrons. The number of anilines is 2. The van der Waals surface area contributed by atoms with Crippen molar-refractivity contribution in [2.45, 2.75) is 31.3 Å². The number of nitrogens with one attached hydrogen (secondary N) is 1. The number of fused-ring (bicyclic) bond motifs is 1. The van der Waals surface area contributed by atoms with Crippen LogP contribution in [0.15, 0.2) is 36.5 Å². The van der Waals surface area contributed by atoms with Gasteiger partial charge in [0.2, 0.25) is 0 Å². The number of aliphatic hydroxyl groups is 1. The normalized spacial score (nSPS) is 19.4. The van der Waals surface area contributed by atoms with Gasteiger partial charge in [-0.2, -0.15) is 5.10 Å². The number of rotatable bonds is 4. The summed E-state index contributed by atoms with van der Waals surface area (Å²) in [7, 11) is 1.93. The molecule has 0 radical (unpaired) electrons. The minimum atomic E-state index is -0.327. The predicted octanol–water partition coefficient (Wildman–Crippen LogP) is 2.67. The monoisotopic (exact) mass is 377 g/mol. The lowest BCUT2D eigenvalue weighted by molar-refractivity contribution is 0.102. The number of benzene rings is 1. The Bertz CT molecular complexity index is 1060. The van der Waals surface area contributed by atoms with Crippen LogP contribution in [0.2, 0.25) is 0 Å². The van der Waals surface area contributed by atoms with Crippen LogP contribution in [0.3, 0.4) is 0 Å². The smallest absolute Gasteiger partial charge is 0.274 e. The van der Waals surface area contributed by atoms with Crippen molar-refractivity contribution >= 4 is 28.3 Å². The number of carbonyl (C=O) groups excluding carboxylic acids is 1. The molecule has 1 saturated heterocycles. The van der Waals surface area contributed by atoms with Gasteiger partial charge in [-0.3, -0.25) is 9.48 Å². The molecule has 2 aromatic heterocycles. The Morgan fingerprint density at radius 3 is 2.86 bits per heavy atom. The van der Waals surface area contributed by atoms with Crippen LogP contribution >= 0.6 is 0 Å². The van der Waals surface area contributed by atoms with Gasteiger partial charge in [-0.15, -0.1) is 0 Å². The Hall–Kier alpha value is -2.93. The summed E-state index contributed by atoms with van der Waals surface area (Å²) in [5.74, 6) is 1.01. The number of aryl methyl sites for hydroxylation is 1. The first-order valence-corrected chi connectivity index (χ1v) is 9.75. The fourth-order valence-corrected chi connectivity index (χ4v) is 3.92. The molecule has 2 fully saturated rings. The Balaban J connectivity index is 1.43. The van der Waals surface area contributed by atoms with Crippen molar-refractivity contribution in [1.82, 2.24) is 14.8 Å². The molecule has 1 aromatic carbocycles. The SMILES string of the molecule is Cn1ncc2cc(NC(=O)c3cccc(N4CCC(O)C4)n3)c(C3CC3)cc21. The van der Waals surface area contributed by atoms with Crippen molar-refractivity contribution in [3.05, 3.63) is 47.8 Å². The van der Waals surface area contributed by atoms with Crippen molar-refractivity contribution < 1.29 is 9.90 Å². The van der Waals surface area contributed by atoms with Gasteiger partial charge in [-0.05, 0) is 55.0 Å². The zero-order chi connectivity index (χ0) is 19.3. The molecule has 1 aliphatic heterocycles. The fraction of sp³-hybridized carbons (Fsp3) is 0.381. The summed E-state index contributed by atoms with van der Waals surface area (Å²) in [6, 6.07) is 9.60. The summed E-state index contributed by atoms with van der Waals surface area (Å²) < 4.78 is 1.86. The average molecular weight is 377 g/mol. The summed E-state index contributed by atoms with van der Waals surface area (Å²) in [4.78, 5) is 19.5. The second-order valence-electron chi connectivity index (χ2n) is 7.76. The number of nitrogens with zero attached hydrogens (tertiary/aromatic N) is 4. The summed E-state index contributed by atoms with van der Waals surface area (Å²) in [5, 5.41) is 18.2. The molecule has 7 heteroatoms. The molecule has 1 aliphatic carbocycles. The molecule has 2 aliphatic rings. The number of carbonyl (C=O) groups is 1. The molecule has 0 spiro atoms. The third-order valence-corrected chi connectivity index (χ3v) is 5.64. The fourth-order valence-electron chi connectivity index (χ4n) is 3.92. The lowest BCUT2D eigenvalue weighted by Gasteiger charge is -2.17. The number of aromatic nitrogens is 3. The predicted molar refractivity (Wildman–Crippen MR) is 108 cm³/mol. The van der Waals surface area contributed by atoms with E-state index in [1.54, 1.807) is 6.07 Å². The van der Waals surface area contributed by atoms with Crippen LogP contribution in [-0.4, -0.2) is 45.0 Å². The highest BCUT2D eigenvalue weighted by Gasteiger charge is 2.28. The Kier molecular flexibility index (Phi) is 4.05. The molecule has 28 heavy (non-hydrogen) atoms. The van der Waals surface area contributed by atoms with E-state index in [2.05, 4.69) is 21.5 Å². The van der Waals surface area contributed by atoms with Crippen LogP contribution in [-0.2, 0) is 7.05 Å². The lowest BCUT2D eigenvalue weighted by Crippen LogP contribution is -2.23. The summed E-state index contributed by atoms with van der Waals surface area (Å²) in [6.07, 6.45) is 4.52. The highest BCUT2D eigenvalue weighted by molar-refractivity contribution is 6.04. The van der Waals surface area contributed by atoms with Gasteiger partial charge in [-0.1, -0.05) is 6.07 Å². The van der Waals surface area contributed by atoms with Crippen molar-refractivity contribution in [2.75, 3.05) is 23.3 Å². The number of β-amino-alcohol motifs (C(OH)–C–C–N with tert-alkyl or cyclic N) is 1. The van der Waals surface area contributed by atoms with Crippen molar-refractivity contribution in [3.63, 3.8) is 0 Å². The molecule has 0 bridgehead atoms.